The molecule has 0 unspecified atom stereocenters. The van der Waals surface area contributed by atoms with E-state index in [1.807, 2.05) is 0 Å². The van der Waals surface area contributed by atoms with E-state index in [2.05, 4.69) is 5.32 Å². The molecule has 22 heavy (non-hydrogen) atoms. The number of nitrogens with one attached hydrogen (secondary N) is 1. The van der Waals surface area contributed by atoms with E-state index in [0.717, 1.165) is 12.1 Å². The molecule has 1 aliphatic carbocycles. The highest BCUT2D eigenvalue weighted by atomic mass is 35.5. The van der Waals surface area contributed by atoms with Crippen LogP contribution in [0.2, 0.25) is 5.02 Å². The molecule has 3 rings (SSSR count). The third kappa shape index (κ3) is 2.75. The van der Waals surface area contributed by atoms with E-state index in [9.17, 15) is 23.1 Å². The summed E-state index contributed by atoms with van der Waals surface area (Å²) in [7, 11) is 0. The van der Waals surface area contributed by atoms with Gasteiger partial charge in [0.1, 0.15) is 0 Å². The Morgan fingerprint density at radius 2 is 2.09 bits per heavy atom. The first-order chi connectivity index (χ1) is 10.3. The summed E-state index contributed by atoms with van der Waals surface area (Å²) in [5, 5.41) is 11.6. The van der Waals surface area contributed by atoms with Crippen LogP contribution in [0.4, 0.5) is 23.7 Å². The van der Waals surface area contributed by atoms with Crippen LogP contribution in [0, 0.1) is 11.8 Å². The average molecular weight is 335 g/mol. The van der Waals surface area contributed by atoms with Crippen molar-refractivity contribution in [2.45, 2.75) is 18.7 Å². The standard InChI is InChI=1S/C14H14ClF3N2O2/c15-11-2-1-8(4-10(11)14(16,17)18)19-13(22)20-5-7-3-12(21)9(7)6-20/h1-2,4,7,9,12,21H,3,5-6H2,(H,19,22)/t7-,9+,12+/m1/s1. The summed E-state index contributed by atoms with van der Waals surface area (Å²) in [5.74, 6) is 0.374. The van der Waals surface area contributed by atoms with Crippen molar-refractivity contribution < 1.29 is 23.1 Å². The van der Waals surface area contributed by atoms with Crippen molar-refractivity contribution in [3.63, 3.8) is 0 Å². The number of carbonyl (C=O) groups excluding carboxylic acids is 1. The van der Waals surface area contributed by atoms with Crippen molar-refractivity contribution in [1.29, 1.82) is 0 Å². The SMILES string of the molecule is O=C(Nc1ccc(Cl)c(C(F)(F)F)c1)N1C[C@H]2C[C@H](O)[C@H]2C1. The van der Waals surface area contributed by atoms with Crippen LogP contribution in [-0.4, -0.2) is 35.2 Å². The molecule has 2 amide bonds. The van der Waals surface area contributed by atoms with Gasteiger partial charge in [0.25, 0.3) is 0 Å². The molecule has 1 heterocycles. The Balaban J connectivity index is 1.70. The lowest BCUT2D eigenvalue weighted by atomic mass is 9.74. The van der Waals surface area contributed by atoms with Gasteiger partial charge in [-0.05, 0) is 30.5 Å². The highest BCUT2D eigenvalue weighted by Gasteiger charge is 2.47. The average Bonchev–Trinajstić information content (AvgIpc) is 2.77. The molecule has 0 radical (unpaired) electrons. The van der Waals surface area contributed by atoms with Gasteiger partial charge in [0.15, 0.2) is 0 Å². The molecule has 0 bridgehead atoms. The van der Waals surface area contributed by atoms with E-state index in [4.69, 9.17) is 11.6 Å². The minimum atomic E-state index is -4.57. The normalized spacial score (nSPS) is 27.3. The van der Waals surface area contributed by atoms with Gasteiger partial charge in [-0.1, -0.05) is 11.6 Å². The molecule has 2 fully saturated rings. The van der Waals surface area contributed by atoms with Gasteiger partial charge in [0.2, 0.25) is 0 Å². The Bertz CT molecular complexity index is 608. The van der Waals surface area contributed by atoms with Crippen molar-refractivity contribution in [3.05, 3.63) is 28.8 Å². The van der Waals surface area contributed by atoms with Gasteiger partial charge in [-0.3, -0.25) is 0 Å². The number of amides is 2. The number of carbonyl (C=O) groups is 1. The third-order valence-electron chi connectivity index (χ3n) is 4.34. The van der Waals surface area contributed by atoms with Crippen molar-refractivity contribution in [2.75, 3.05) is 18.4 Å². The lowest BCUT2D eigenvalue weighted by Gasteiger charge is -2.34. The van der Waals surface area contributed by atoms with Gasteiger partial charge < -0.3 is 15.3 Å². The van der Waals surface area contributed by atoms with Crippen molar-refractivity contribution >= 4 is 23.3 Å². The monoisotopic (exact) mass is 334 g/mol. The van der Waals surface area contributed by atoms with E-state index in [1.54, 1.807) is 0 Å². The summed E-state index contributed by atoms with van der Waals surface area (Å²) >= 11 is 5.54. The van der Waals surface area contributed by atoms with Gasteiger partial charge in [0.05, 0.1) is 16.7 Å². The van der Waals surface area contributed by atoms with E-state index in [-0.39, 0.29) is 23.6 Å². The number of hydrogen-bond donors (Lipinski definition) is 2. The first-order valence-corrected chi connectivity index (χ1v) is 7.24. The lowest BCUT2D eigenvalue weighted by Crippen LogP contribution is -2.40. The Morgan fingerprint density at radius 3 is 2.68 bits per heavy atom. The second kappa shape index (κ2) is 5.31. The summed E-state index contributed by atoms with van der Waals surface area (Å²) < 4.78 is 38.4. The fourth-order valence-corrected chi connectivity index (χ4v) is 3.28. The zero-order chi connectivity index (χ0) is 16.1. The number of fused-ring (bicyclic) bond motifs is 1. The van der Waals surface area contributed by atoms with E-state index in [1.165, 1.54) is 11.0 Å². The Hall–Kier alpha value is -1.47. The third-order valence-corrected chi connectivity index (χ3v) is 4.67. The minimum Gasteiger partial charge on any atom is -0.393 e. The zero-order valence-electron chi connectivity index (χ0n) is 11.4. The number of hydrogen-bond acceptors (Lipinski definition) is 2. The second-order valence-corrected chi connectivity index (χ2v) is 6.16. The molecule has 4 nitrogen and oxygen atoms in total. The summed E-state index contributed by atoms with van der Waals surface area (Å²) in [6.45, 7) is 0.949. The van der Waals surface area contributed by atoms with Crippen molar-refractivity contribution in [2.24, 2.45) is 11.8 Å². The molecular weight excluding hydrogens is 321 g/mol. The maximum atomic E-state index is 12.8. The van der Waals surface area contributed by atoms with E-state index >= 15 is 0 Å². The van der Waals surface area contributed by atoms with Gasteiger partial charge in [-0.25, -0.2) is 4.79 Å². The molecule has 1 aliphatic heterocycles. The smallest absolute Gasteiger partial charge is 0.393 e. The molecule has 2 N–H and O–H groups in total. The topological polar surface area (TPSA) is 52.6 Å². The molecule has 120 valence electrons. The molecule has 0 spiro atoms. The molecule has 0 aromatic heterocycles. The number of halogens is 4. The number of benzene rings is 1. The molecule has 8 heteroatoms. The highest BCUT2D eigenvalue weighted by molar-refractivity contribution is 6.31. The molecule has 2 aliphatic rings. The lowest BCUT2D eigenvalue weighted by molar-refractivity contribution is -0.137. The zero-order valence-corrected chi connectivity index (χ0v) is 12.2. The van der Waals surface area contributed by atoms with Crippen molar-refractivity contribution in [3.8, 4) is 0 Å². The van der Waals surface area contributed by atoms with E-state index in [0.29, 0.717) is 19.5 Å². The number of alkyl halides is 3. The highest BCUT2D eigenvalue weighted by Crippen LogP contribution is 2.41. The summed E-state index contributed by atoms with van der Waals surface area (Å²) in [5.41, 5.74) is -0.939. The number of anilines is 1. The van der Waals surface area contributed by atoms with E-state index < -0.39 is 22.8 Å². The minimum absolute atomic E-state index is 0.0431. The van der Waals surface area contributed by atoms with Crippen LogP contribution in [0.15, 0.2) is 18.2 Å². The summed E-state index contributed by atoms with van der Waals surface area (Å²) in [6.07, 6.45) is -4.28. The Morgan fingerprint density at radius 1 is 1.36 bits per heavy atom. The maximum Gasteiger partial charge on any atom is 0.417 e. The molecule has 1 aromatic rings. The summed E-state index contributed by atoms with van der Waals surface area (Å²) in [4.78, 5) is 13.6. The number of urea groups is 1. The first kappa shape index (κ1) is 15.4. The Kier molecular flexibility index (Phi) is 3.72. The van der Waals surface area contributed by atoms with Crippen LogP contribution in [0.5, 0.6) is 0 Å². The predicted octanol–water partition coefficient (Wildman–Crippen LogP) is 3.20. The van der Waals surface area contributed by atoms with Crippen molar-refractivity contribution in [1.82, 2.24) is 4.90 Å². The number of aliphatic hydroxyl groups excluding tert-OH is 1. The van der Waals surface area contributed by atoms with Crippen LogP contribution in [0.25, 0.3) is 0 Å². The maximum absolute atomic E-state index is 12.8. The Labute approximate surface area is 129 Å². The van der Waals surface area contributed by atoms with Crippen LogP contribution < -0.4 is 5.32 Å². The first-order valence-electron chi connectivity index (χ1n) is 6.86. The fraction of sp³-hybridized carbons (Fsp3) is 0.500. The second-order valence-electron chi connectivity index (χ2n) is 5.75. The molecule has 1 saturated carbocycles. The van der Waals surface area contributed by atoms with Crippen LogP contribution in [0.1, 0.15) is 12.0 Å². The summed E-state index contributed by atoms with van der Waals surface area (Å²) in [6, 6.07) is 2.80. The van der Waals surface area contributed by atoms with Gasteiger partial charge >= 0.3 is 12.2 Å². The molecule has 3 atom stereocenters. The fourth-order valence-electron chi connectivity index (χ4n) is 3.06. The van der Waals surface area contributed by atoms with Crippen LogP contribution in [0.3, 0.4) is 0 Å². The molecule has 1 saturated heterocycles. The molecule has 1 aromatic carbocycles. The van der Waals surface area contributed by atoms with Crippen LogP contribution >= 0.6 is 11.6 Å². The largest absolute Gasteiger partial charge is 0.417 e. The number of likely N-dealkylation sites (tertiary alicyclic amines) is 1. The van der Waals surface area contributed by atoms with Gasteiger partial charge in [-0.2, -0.15) is 13.2 Å². The molecular formula is C14H14ClF3N2O2. The number of nitrogens with zero attached hydrogens (tertiary/aromatic N) is 1. The van der Waals surface area contributed by atoms with Gasteiger partial charge in [0, 0.05) is 24.7 Å². The quantitative estimate of drug-likeness (QED) is 0.828. The van der Waals surface area contributed by atoms with Gasteiger partial charge in [-0.15, -0.1) is 0 Å². The number of rotatable bonds is 1. The number of aliphatic hydroxyl groups is 1. The van der Waals surface area contributed by atoms with Crippen LogP contribution in [-0.2, 0) is 6.18 Å². The predicted molar refractivity (Wildman–Crippen MR) is 74.6 cm³/mol.